The smallest absolute Gasteiger partial charge is 0.138 e. The fourth-order valence-corrected chi connectivity index (χ4v) is 1.61. The van der Waals surface area contributed by atoms with Gasteiger partial charge in [0.05, 0.1) is 9.94 Å². The second kappa shape index (κ2) is 6.64. The van der Waals surface area contributed by atoms with Gasteiger partial charge in [0.25, 0.3) is 0 Å². The number of hydrogen-bond donors (Lipinski definition) is 1. The minimum atomic E-state index is -0.694. The van der Waals surface area contributed by atoms with Gasteiger partial charge in [0.15, 0.2) is 0 Å². The van der Waals surface area contributed by atoms with Gasteiger partial charge in [-0.2, -0.15) is 5.26 Å². The Morgan fingerprint density at radius 3 is 2.14 bits per heavy atom. The van der Waals surface area contributed by atoms with Gasteiger partial charge in [-0.05, 0) is 11.8 Å². The van der Waals surface area contributed by atoms with Crippen LogP contribution >= 0.6 is 58.2 Å². The van der Waals surface area contributed by atoms with Crippen LogP contribution in [-0.4, -0.2) is 10.4 Å². The number of nitriles is 1. The summed E-state index contributed by atoms with van der Waals surface area (Å²) in [4.78, 5) is -0.228. The Morgan fingerprint density at radius 1 is 1.36 bits per heavy atom. The monoisotopic (exact) mass is 293 g/mol. The Kier molecular flexibility index (Phi) is 6.74. The Balaban J connectivity index is 5.28. The molecule has 0 heterocycles. The van der Waals surface area contributed by atoms with Crippen molar-refractivity contribution < 1.29 is 5.21 Å². The van der Waals surface area contributed by atoms with E-state index in [1.54, 1.807) is 5.40 Å². The zero-order chi connectivity index (χ0) is 11.3. The average molecular weight is 295 g/mol. The van der Waals surface area contributed by atoms with Gasteiger partial charge in [0.2, 0.25) is 0 Å². The second-order valence-corrected chi connectivity index (χ2v) is 4.14. The van der Waals surface area contributed by atoms with Crippen molar-refractivity contribution in [1.29, 1.82) is 5.26 Å². The summed E-state index contributed by atoms with van der Waals surface area (Å²) in [7, 11) is 0. The SMILES string of the molecule is N#CS/C(C(Cl)=C(Cl)Cl)=C(\Cl)N([O-])O. The van der Waals surface area contributed by atoms with Crippen LogP contribution in [0.3, 0.4) is 0 Å². The highest BCUT2D eigenvalue weighted by Gasteiger charge is 2.13. The molecule has 0 saturated heterocycles. The van der Waals surface area contributed by atoms with Crippen molar-refractivity contribution in [2.45, 2.75) is 0 Å². The number of thioether (sulfide) groups is 1. The lowest BCUT2D eigenvalue weighted by Crippen LogP contribution is -2.07. The summed E-state index contributed by atoms with van der Waals surface area (Å²) in [6, 6.07) is 0. The maximum Gasteiger partial charge on any atom is 0.138 e. The molecule has 0 aliphatic heterocycles. The van der Waals surface area contributed by atoms with Crippen molar-refractivity contribution in [1.82, 2.24) is 5.23 Å². The predicted octanol–water partition coefficient (Wildman–Crippen LogP) is 3.68. The summed E-state index contributed by atoms with van der Waals surface area (Å²) in [6.07, 6.45) is 0. The van der Waals surface area contributed by atoms with Gasteiger partial charge in [-0.25, -0.2) is 0 Å². The van der Waals surface area contributed by atoms with Gasteiger partial charge in [-0.3, -0.25) is 5.21 Å². The molecule has 0 aromatic heterocycles. The largest absolute Gasteiger partial charge is 0.733 e. The summed E-state index contributed by atoms with van der Waals surface area (Å²) >= 11 is 21.9. The minimum absolute atomic E-state index is 0.228. The lowest BCUT2D eigenvalue weighted by molar-refractivity contribution is 0.00565. The fraction of sp³-hybridized carbons (Fsp3) is 0. The van der Waals surface area contributed by atoms with Crippen molar-refractivity contribution in [2.24, 2.45) is 0 Å². The highest BCUT2D eigenvalue weighted by molar-refractivity contribution is 8.07. The van der Waals surface area contributed by atoms with Crippen molar-refractivity contribution >= 4 is 58.2 Å². The van der Waals surface area contributed by atoms with Crippen LogP contribution in [0.2, 0.25) is 0 Å². The highest BCUT2D eigenvalue weighted by atomic mass is 35.5. The van der Waals surface area contributed by atoms with Crippen LogP contribution in [-0.2, 0) is 0 Å². The molecule has 0 bridgehead atoms. The average Bonchev–Trinajstić information content (AvgIpc) is 2.11. The molecule has 4 nitrogen and oxygen atoms in total. The third-order valence-corrected chi connectivity index (χ3v) is 3.07. The van der Waals surface area contributed by atoms with Crippen LogP contribution in [0.5, 0.6) is 0 Å². The van der Waals surface area contributed by atoms with Crippen molar-refractivity contribution in [2.75, 3.05) is 0 Å². The first-order valence-electron chi connectivity index (χ1n) is 2.74. The van der Waals surface area contributed by atoms with E-state index in [1.807, 2.05) is 0 Å². The molecule has 14 heavy (non-hydrogen) atoms. The maximum atomic E-state index is 10.4. The van der Waals surface area contributed by atoms with Crippen LogP contribution < -0.4 is 0 Å². The molecule has 0 aliphatic carbocycles. The Hall–Kier alpha value is 0.200. The number of thiocyanates is 1. The number of nitrogens with zero attached hydrogens (tertiary/aromatic N) is 2. The number of allylic oxidation sites excluding steroid dienone is 1. The predicted molar refractivity (Wildman–Crippen MR) is 57.7 cm³/mol. The Bertz CT molecular complexity index is 318. The first-order valence-corrected chi connectivity index (χ1v) is 5.07. The summed E-state index contributed by atoms with van der Waals surface area (Å²) < 4.78 is -0.371. The molecule has 0 rings (SSSR count). The van der Waals surface area contributed by atoms with Crippen molar-refractivity contribution in [3.05, 3.63) is 24.8 Å². The van der Waals surface area contributed by atoms with Gasteiger partial charge < -0.3 is 10.4 Å². The molecule has 0 spiro atoms. The first-order chi connectivity index (χ1) is 6.41. The molecule has 0 aromatic rings. The van der Waals surface area contributed by atoms with E-state index >= 15 is 0 Å². The van der Waals surface area contributed by atoms with Crippen LogP contribution in [0.1, 0.15) is 0 Å². The molecule has 0 aromatic carbocycles. The number of hydrogen-bond acceptors (Lipinski definition) is 5. The van der Waals surface area contributed by atoms with E-state index < -0.39 is 10.4 Å². The standard InChI is InChI=1S/C5HCl4N2O2S/c6-2(4(7)8)3(14-1-10)5(9)11(12)13/h12H/q-1/b5-3+. The Morgan fingerprint density at radius 2 is 1.86 bits per heavy atom. The third kappa shape index (κ3) is 4.15. The van der Waals surface area contributed by atoms with Gasteiger partial charge in [0.1, 0.15) is 15.0 Å². The molecule has 9 heteroatoms. The minimum Gasteiger partial charge on any atom is -0.733 e. The molecule has 0 saturated carbocycles. The molecule has 0 atom stereocenters. The van der Waals surface area contributed by atoms with E-state index in [1.165, 1.54) is 0 Å². The topological polar surface area (TPSA) is 70.3 Å². The van der Waals surface area contributed by atoms with Crippen molar-refractivity contribution in [3.8, 4) is 5.40 Å². The summed E-state index contributed by atoms with van der Waals surface area (Å²) in [5, 5.41) is 27.1. The van der Waals surface area contributed by atoms with Crippen LogP contribution in [0.25, 0.3) is 0 Å². The van der Waals surface area contributed by atoms with Crippen molar-refractivity contribution in [3.63, 3.8) is 0 Å². The van der Waals surface area contributed by atoms with Crippen LogP contribution in [0, 0.1) is 15.9 Å². The first kappa shape index (κ1) is 14.2. The second-order valence-electron chi connectivity index (χ2n) is 1.66. The van der Waals surface area contributed by atoms with Gasteiger partial charge in [-0.1, -0.05) is 46.4 Å². The molecular weight excluding hydrogens is 294 g/mol. The molecule has 0 radical (unpaired) electrons. The molecule has 0 amide bonds. The van der Waals surface area contributed by atoms with E-state index in [9.17, 15) is 5.21 Å². The quantitative estimate of drug-likeness (QED) is 0.372. The zero-order valence-electron chi connectivity index (χ0n) is 6.17. The summed E-state index contributed by atoms with van der Waals surface area (Å²) in [6.45, 7) is 0. The van der Waals surface area contributed by atoms with Crippen LogP contribution in [0.15, 0.2) is 19.6 Å². The van der Waals surface area contributed by atoms with Crippen LogP contribution in [0.4, 0.5) is 0 Å². The molecule has 1 N–H and O–H groups in total. The molecule has 0 unspecified atom stereocenters. The number of halogens is 4. The van der Waals surface area contributed by atoms with Gasteiger partial charge in [-0.15, -0.1) is 0 Å². The molecular formula is C5HCl4N2O2S-. The Labute approximate surface area is 104 Å². The third-order valence-electron chi connectivity index (χ3n) is 0.868. The number of hydroxylamine groups is 2. The normalized spacial score (nSPS) is 11.5. The number of rotatable bonds is 3. The van der Waals surface area contributed by atoms with Gasteiger partial charge in [0, 0.05) is 0 Å². The zero-order valence-corrected chi connectivity index (χ0v) is 10.0. The maximum absolute atomic E-state index is 10.4. The van der Waals surface area contributed by atoms with E-state index in [2.05, 4.69) is 0 Å². The molecule has 0 aliphatic rings. The lowest BCUT2D eigenvalue weighted by atomic mass is 10.6. The summed E-state index contributed by atoms with van der Waals surface area (Å²) in [5.74, 6) is 0. The summed E-state index contributed by atoms with van der Waals surface area (Å²) in [5.41, 5.74) is 0. The highest BCUT2D eigenvalue weighted by Crippen LogP contribution is 2.36. The van der Waals surface area contributed by atoms with E-state index in [0.717, 1.165) is 0 Å². The fourth-order valence-electron chi connectivity index (χ4n) is 0.396. The van der Waals surface area contributed by atoms with E-state index in [4.69, 9.17) is 56.9 Å². The van der Waals surface area contributed by atoms with E-state index in [0.29, 0.717) is 11.8 Å². The van der Waals surface area contributed by atoms with E-state index in [-0.39, 0.29) is 14.4 Å². The molecule has 78 valence electrons. The molecule has 0 fully saturated rings. The van der Waals surface area contributed by atoms with Gasteiger partial charge >= 0.3 is 0 Å². The lowest BCUT2D eigenvalue weighted by Gasteiger charge is -2.21.